The molecule has 7 heteroatoms. The van der Waals surface area contributed by atoms with E-state index in [-0.39, 0.29) is 0 Å². The molecule has 0 fully saturated rings. The van der Waals surface area contributed by atoms with Gasteiger partial charge in [-0.25, -0.2) is 5.43 Å². The molecular weight excluding hydrogens is 406 g/mol. The summed E-state index contributed by atoms with van der Waals surface area (Å²) in [7, 11) is 2.99. The van der Waals surface area contributed by atoms with Gasteiger partial charge in [-0.15, -0.1) is 0 Å². The fourth-order valence-corrected chi connectivity index (χ4v) is 3.48. The van der Waals surface area contributed by atoms with Crippen LogP contribution in [0, 0.1) is 0 Å². The number of nitrogens with one attached hydrogen (secondary N) is 2. The van der Waals surface area contributed by atoms with Crippen LogP contribution in [-0.4, -0.2) is 32.2 Å². The molecule has 0 aromatic heterocycles. The molecule has 0 aliphatic rings. The van der Waals surface area contributed by atoms with Gasteiger partial charge in [0.1, 0.15) is 11.5 Å². The van der Waals surface area contributed by atoms with Gasteiger partial charge in [0.15, 0.2) is 0 Å². The number of hydrazone groups is 1. The van der Waals surface area contributed by atoms with Gasteiger partial charge >= 0.3 is 11.8 Å². The Morgan fingerprint density at radius 2 is 1.47 bits per heavy atom. The van der Waals surface area contributed by atoms with Crippen LogP contribution in [0.4, 0.5) is 5.69 Å². The van der Waals surface area contributed by atoms with Gasteiger partial charge in [0.25, 0.3) is 0 Å². The van der Waals surface area contributed by atoms with Crippen LogP contribution in [0.25, 0.3) is 21.5 Å². The Bertz CT molecular complexity index is 1290. The van der Waals surface area contributed by atoms with Crippen molar-refractivity contribution in [3.05, 3.63) is 78.4 Å². The number of ether oxygens (including phenoxy) is 2. The molecule has 0 bridgehead atoms. The lowest BCUT2D eigenvalue weighted by molar-refractivity contribution is -0.136. The van der Waals surface area contributed by atoms with Crippen molar-refractivity contribution >= 4 is 45.3 Å². The third-order valence-corrected chi connectivity index (χ3v) is 5.04. The Labute approximate surface area is 184 Å². The van der Waals surface area contributed by atoms with E-state index in [0.717, 1.165) is 27.1 Å². The third-order valence-electron chi connectivity index (χ3n) is 5.04. The van der Waals surface area contributed by atoms with Crippen molar-refractivity contribution in [2.24, 2.45) is 5.10 Å². The molecule has 2 amide bonds. The van der Waals surface area contributed by atoms with Crippen molar-refractivity contribution < 1.29 is 19.1 Å². The predicted octanol–water partition coefficient (Wildman–Crippen LogP) is 4.10. The van der Waals surface area contributed by atoms with E-state index >= 15 is 0 Å². The molecule has 0 heterocycles. The molecule has 2 N–H and O–H groups in total. The van der Waals surface area contributed by atoms with E-state index in [0.29, 0.717) is 17.2 Å². The van der Waals surface area contributed by atoms with Crippen molar-refractivity contribution in [1.29, 1.82) is 0 Å². The average molecular weight is 427 g/mol. The zero-order valence-corrected chi connectivity index (χ0v) is 17.6. The minimum Gasteiger partial charge on any atom is -0.497 e. The van der Waals surface area contributed by atoms with Crippen LogP contribution in [0.2, 0.25) is 0 Å². The lowest BCUT2D eigenvalue weighted by atomic mass is 9.97. The van der Waals surface area contributed by atoms with Gasteiger partial charge in [0.2, 0.25) is 0 Å². The SMILES string of the molecule is COc1ccc(NC(=O)C(=O)N/N=C/c2c3ccccc3cc3ccccc23)c(OC)c1. The molecule has 0 saturated carbocycles. The lowest BCUT2D eigenvalue weighted by Crippen LogP contribution is -2.32. The fourth-order valence-electron chi connectivity index (χ4n) is 3.48. The number of hydrogen-bond donors (Lipinski definition) is 2. The second kappa shape index (κ2) is 9.18. The number of methoxy groups -OCH3 is 2. The number of carbonyl (C=O) groups excluding carboxylic acids is 2. The topological polar surface area (TPSA) is 89.0 Å². The highest BCUT2D eigenvalue weighted by atomic mass is 16.5. The number of benzene rings is 4. The zero-order valence-electron chi connectivity index (χ0n) is 17.6. The minimum atomic E-state index is -0.899. The molecule has 160 valence electrons. The number of amides is 2. The number of hydrogen-bond acceptors (Lipinski definition) is 5. The van der Waals surface area contributed by atoms with E-state index in [1.165, 1.54) is 14.2 Å². The van der Waals surface area contributed by atoms with Crippen molar-refractivity contribution in [2.75, 3.05) is 19.5 Å². The predicted molar refractivity (Wildman–Crippen MR) is 125 cm³/mol. The van der Waals surface area contributed by atoms with Gasteiger partial charge in [-0.05, 0) is 39.7 Å². The summed E-state index contributed by atoms with van der Waals surface area (Å²) in [6, 6.07) is 22.8. The maximum atomic E-state index is 12.3. The van der Waals surface area contributed by atoms with Crippen molar-refractivity contribution in [3.63, 3.8) is 0 Å². The summed E-state index contributed by atoms with van der Waals surface area (Å²) in [6.07, 6.45) is 1.56. The van der Waals surface area contributed by atoms with E-state index in [9.17, 15) is 9.59 Å². The fraction of sp³-hybridized carbons (Fsp3) is 0.0800. The van der Waals surface area contributed by atoms with E-state index < -0.39 is 11.8 Å². The van der Waals surface area contributed by atoms with Crippen molar-refractivity contribution in [1.82, 2.24) is 5.43 Å². The number of fused-ring (bicyclic) bond motifs is 2. The van der Waals surface area contributed by atoms with Gasteiger partial charge < -0.3 is 14.8 Å². The molecule has 0 saturated heterocycles. The number of nitrogens with zero attached hydrogens (tertiary/aromatic N) is 1. The molecule has 7 nitrogen and oxygen atoms in total. The maximum absolute atomic E-state index is 12.3. The van der Waals surface area contributed by atoms with Gasteiger partial charge in [-0.3, -0.25) is 9.59 Å². The van der Waals surface area contributed by atoms with Crippen LogP contribution in [-0.2, 0) is 9.59 Å². The second-order valence-electron chi connectivity index (χ2n) is 6.95. The summed E-state index contributed by atoms with van der Waals surface area (Å²) in [6.45, 7) is 0. The largest absolute Gasteiger partial charge is 0.497 e. The first-order valence-electron chi connectivity index (χ1n) is 9.87. The van der Waals surface area contributed by atoms with Crippen LogP contribution in [0.5, 0.6) is 11.5 Å². The summed E-state index contributed by atoms with van der Waals surface area (Å²) >= 11 is 0. The quantitative estimate of drug-likeness (QED) is 0.217. The standard InChI is InChI=1S/C25H21N3O4/c1-31-18-11-12-22(23(14-18)32-2)27-24(29)25(30)28-26-15-21-19-9-5-3-7-16(19)13-17-8-4-6-10-20(17)21/h3-15H,1-2H3,(H,27,29)(H,28,30)/b26-15+. The van der Waals surface area contributed by atoms with Crippen LogP contribution >= 0.6 is 0 Å². The average Bonchev–Trinajstić information content (AvgIpc) is 2.83. The molecule has 0 aliphatic heterocycles. The minimum absolute atomic E-state index is 0.345. The molecule has 0 unspecified atom stereocenters. The monoisotopic (exact) mass is 427 g/mol. The molecular formula is C25H21N3O4. The van der Waals surface area contributed by atoms with Crippen LogP contribution < -0.4 is 20.2 Å². The Morgan fingerprint density at radius 1 is 0.812 bits per heavy atom. The van der Waals surface area contributed by atoms with Crippen LogP contribution in [0.3, 0.4) is 0 Å². The van der Waals surface area contributed by atoms with Crippen molar-refractivity contribution in [2.45, 2.75) is 0 Å². The van der Waals surface area contributed by atoms with Crippen LogP contribution in [0.1, 0.15) is 5.56 Å². The number of anilines is 1. The summed E-state index contributed by atoms with van der Waals surface area (Å²) in [5, 5.41) is 10.7. The van der Waals surface area contributed by atoms with E-state index in [2.05, 4.69) is 21.9 Å². The Balaban J connectivity index is 1.54. The van der Waals surface area contributed by atoms with E-state index in [1.807, 2.05) is 48.5 Å². The first-order valence-corrected chi connectivity index (χ1v) is 9.87. The number of carbonyl (C=O) groups is 2. The molecule has 0 spiro atoms. The first-order chi connectivity index (χ1) is 15.6. The Morgan fingerprint density at radius 3 is 2.09 bits per heavy atom. The van der Waals surface area contributed by atoms with Gasteiger partial charge in [0.05, 0.1) is 26.1 Å². The Hall–Kier alpha value is -4.39. The van der Waals surface area contributed by atoms with Gasteiger partial charge in [0, 0.05) is 11.6 Å². The highest BCUT2D eigenvalue weighted by Crippen LogP contribution is 2.29. The molecule has 0 aliphatic carbocycles. The first kappa shape index (κ1) is 20.9. The summed E-state index contributed by atoms with van der Waals surface area (Å²) in [5.74, 6) is -0.829. The molecule has 0 radical (unpaired) electrons. The zero-order chi connectivity index (χ0) is 22.5. The normalized spacial score (nSPS) is 10.9. The van der Waals surface area contributed by atoms with Gasteiger partial charge in [-0.2, -0.15) is 5.10 Å². The molecule has 4 rings (SSSR count). The van der Waals surface area contributed by atoms with E-state index in [4.69, 9.17) is 9.47 Å². The maximum Gasteiger partial charge on any atom is 0.329 e. The third kappa shape index (κ3) is 4.22. The Kier molecular flexibility index (Phi) is 5.98. The smallest absolute Gasteiger partial charge is 0.329 e. The van der Waals surface area contributed by atoms with Crippen molar-refractivity contribution in [3.8, 4) is 11.5 Å². The second-order valence-corrected chi connectivity index (χ2v) is 6.95. The molecule has 32 heavy (non-hydrogen) atoms. The molecule has 0 atom stereocenters. The lowest BCUT2D eigenvalue weighted by Gasteiger charge is -2.11. The van der Waals surface area contributed by atoms with E-state index in [1.54, 1.807) is 24.4 Å². The van der Waals surface area contributed by atoms with Crippen LogP contribution in [0.15, 0.2) is 77.9 Å². The molecule has 4 aromatic rings. The van der Waals surface area contributed by atoms with Gasteiger partial charge in [-0.1, -0.05) is 48.5 Å². The number of rotatable bonds is 5. The summed E-state index contributed by atoms with van der Waals surface area (Å²) < 4.78 is 10.4. The summed E-state index contributed by atoms with van der Waals surface area (Å²) in [4.78, 5) is 24.6. The highest BCUT2D eigenvalue weighted by molar-refractivity contribution is 6.39. The highest BCUT2D eigenvalue weighted by Gasteiger charge is 2.16. The summed E-state index contributed by atoms with van der Waals surface area (Å²) in [5.41, 5.74) is 3.50. The molecule has 4 aromatic carbocycles.